The van der Waals surface area contributed by atoms with Crippen molar-refractivity contribution < 1.29 is 4.79 Å². The molecule has 0 aliphatic carbocycles. The quantitative estimate of drug-likeness (QED) is 0.394. The summed E-state index contributed by atoms with van der Waals surface area (Å²) in [6.07, 6.45) is 5.78. The van der Waals surface area contributed by atoms with Crippen molar-refractivity contribution in [2.45, 2.75) is 6.42 Å². The van der Waals surface area contributed by atoms with Crippen molar-refractivity contribution in [3.63, 3.8) is 0 Å². The number of hydrogen-bond donors (Lipinski definition) is 3. The van der Waals surface area contributed by atoms with Crippen molar-refractivity contribution in [2.24, 2.45) is 4.99 Å². The van der Waals surface area contributed by atoms with Crippen LogP contribution in [0.25, 0.3) is 0 Å². The van der Waals surface area contributed by atoms with E-state index in [9.17, 15) is 4.79 Å². The van der Waals surface area contributed by atoms with Crippen LogP contribution >= 0.6 is 0 Å². The number of nitrogens with one attached hydrogen (secondary N) is 3. The van der Waals surface area contributed by atoms with Gasteiger partial charge < -0.3 is 16.0 Å². The van der Waals surface area contributed by atoms with E-state index in [0.29, 0.717) is 24.6 Å². The molecule has 2 aromatic rings. The number of guanidine groups is 1. The van der Waals surface area contributed by atoms with Crippen LogP contribution in [0.2, 0.25) is 0 Å². The Bertz CT molecular complexity index is 645. The van der Waals surface area contributed by atoms with Gasteiger partial charge in [0.2, 0.25) is 0 Å². The minimum absolute atomic E-state index is 0.136. The van der Waals surface area contributed by atoms with Crippen LogP contribution in [0.3, 0.4) is 0 Å². The smallest absolute Gasteiger partial charge is 0.252 e. The molecule has 0 saturated carbocycles. The normalized spacial score (nSPS) is 11.0. The first kappa shape index (κ1) is 17.4. The zero-order chi connectivity index (χ0) is 17.0. The molecule has 0 unspecified atom stereocenters. The highest BCUT2D eigenvalue weighted by atomic mass is 16.1. The topological polar surface area (TPSA) is 91.3 Å². The molecule has 3 N–H and O–H groups in total. The fourth-order valence-electron chi connectivity index (χ4n) is 2.03. The minimum atomic E-state index is -0.136. The van der Waals surface area contributed by atoms with Crippen LogP contribution in [-0.4, -0.2) is 48.5 Å². The molecule has 7 heteroatoms. The Morgan fingerprint density at radius 3 is 2.58 bits per heavy atom. The predicted octanol–water partition coefficient (Wildman–Crippen LogP) is 0.614. The van der Waals surface area contributed by atoms with Gasteiger partial charge >= 0.3 is 0 Å². The standard InChI is InChI=1S/C17H22N6O/c1-18-17(22-10-7-15-6-2-3-9-20-15)23-12-11-21-16(24)14-5-4-8-19-13-14/h2-6,8-9,13H,7,10-12H2,1H3,(H,21,24)(H2,18,22,23). The summed E-state index contributed by atoms with van der Waals surface area (Å²) in [6, 6.07) is 9.33. The number of pyridine rings is 2. The largest absolute Gasteiger partial charge is 0.356 e. The molecular formula is C17H22N6O. The molecule has 0 radical (unpaired) electrons. The summed E-state index contributed by atoms with van der Waals surface area (Å²) >= 11 is 0. The first-order valence-electron chi connectivity index (χ1n) is 7.82. The minimum Gasteiger partial charge on any atom is -0.356 e. The summed E-state index contributed by atoms with van der Waals surface area (Å²) in [7, 11) is 1.71. The number of aromatic nitrogens is 2. The second-order valence-electron chi connectivity index (χ2n) is 4.99. The maximum Gasteiger partial charge on any atom is 0.252 e. The van der Waals surface area contributed by atoms with Gasteiger partial charge in [-0.1, -0.05) is 6.07 Å². The van der Waals surface area contributed by atoms with Crippen LogP contribution in [0.5, 0.6) is 0 Å². The predicted molar refractivity (Wildman–Crippen MR) is 93.9 cm³/mol. The average Bonchev–Trinajstić information content (AvgIpc) is 2.65. The van der Waals surface area contributed by atoms with E-state index in [0.717, 1.165) is 18.7 Å². The van der Waals surface area contributed by atoms with Gasteiger partial charge in [0.1, 0.15) is 0 Å². The summed E-state index contributed by atoms with van der Waals surface area (Å²) in [4.78, 5) is 24.2. The first-order chi connectivity index (χ1) is 11.8. The lowest BCUT2D eigenvalue weighted by atomic mass is 10.3. The Labute approximate surface area is 141 Å². The van der Waals surface area contributed by atoms with Gasteiger partial charge in [-0.05, 0) is 24.3 Å². The zero-order valence-electron chi connectivity index (χ0n) is 13.7. The Morgan fingerprint density at radius 1 is 1.04 bits per heavy atom. The van der Waals surface area contributed by atoms with Crippen molar-refractivity contribution in [1.82, 2.24) is 25.9 Å². The third-order valence-corrected chi connectivity index (χ3v) is 3.25. The molecule has 0 aliphatic rings. The molecule has 126 valence electrons. The van der Waals surface area contributed by atoms with Gasteiger partial charge in [-0.25, -0.2) is 0 Å². The number of nitrogens with zero attached hydrogens (tertiary/aromatic N) is 3. The molecular weight excluding hydrogens is 304 g/mol. The number of carbonyl (C=O) groups excluding carboxylic acids is 1. The van der Waals surface area contributed by atoms with Crippen molar-refractivity contribution in [1.29, 1.82) is 0 Å². The van der Waals surface area contributed by atoms with E-state index in [4.69, 9.17) is 0 Å². The summed E-state index contributed by atoms with van der Waals surface area (Å²) < 4.78 is 0. The molecule has 0 spiro atoms. The lowest BCUT2D eigenvalue weighted by Gasteiger charge is -2.12. The Hall–Kier alpha value is -2.96. The van der Waals surface area contributed by atoms with Crippen LogP contribution in [-0.2, 0) is 6.42 Å². The summed E-state index contributed by atoms with van der Waals surface area (Å²) in [5, 5.41) is 9.19. The van der Waals surface area contributed by atoms with Crippen molar-refractivity contribution in [3.05, 3.63) is 60.2 Å². The zero-order valence-corrected chi connectivity index (χ0v) is 13.7. The number of aliphatic imine (C=N–C) groups is 1. The maximum atomic E-state index is 11.9. The fraction of sp³-hybridized carbons (Fsp3) is 0.294. The van der Waals surface area contributed by atoms with Gasteiger partial charge in [-0.2, -0.15) is 0 Å². The SMILES string of the molecule is CN=C(NCCNC(=O)c1cccnc1)NCCc1ccccn1. The van der Waals surface area contributed by atoms with E-state index in [-0.39, 0.29) is 5.91 Å². The van der Waals surface area contributed by atoms with Crippen LogP contribution in [0.1, 0.15) is 16.1 Å². The van der Waals surface area contributed by atoms with Gasteiger partial charge in [0, 0.05) is 57.4 Å². The highest BCUT2D eigenvalue weighted by Crippen LogP contribution is 1.94. The van der Waals surface area contributed by atoms with E-state index in [2.05, 4.69) is 30.9 Å². The van der Waals surface area contributed by atoms with E-state index in [1.807, 2.05) is 18.2 Å². The van der Waals surface area contributed by atoms with Crippen molar-refractivity contribution in [2.75, 3.05) is 26.7 Å². The molecule has 1 amide bonds. The second kappa shape index (κ2) is 9.94. The lowest BCUT2D eigenvalue weighted by molar-refractivity contribution is 0.0954. The van der Waals surface area contributed by atoms with Gasteiger partial charge in [0.15, 0.2) is 5.96 Å². The maximum absolute atomic E-state index is 11.9. The number of rotatable bonds is 7. The van der Waals surface area contributed by atoms with Crippen LogP contribution < -0.4 is 16.0 Å². The summed E-state index contributed by atoms with van der Waals surface area (Å²) in [5.41, 5.74) is 1.58. The fourth-order valence-corrected chi connectivity index (χ4v) is 2.03. The van der Waals surface area contributed by atoms with Gasteiger partial charge in [-0.15, -0.1) is 0 Å². The van der Waals surface area contributed by atoms with Crippen molar-refractivity contribution in [3.8, 4) is 0 Å². The molecule has 0 aliphatic heterocycles. The molecule has 24 heavy (non-hydrogen) atoms. The Kier molecular flexibility index (Phi) is 7.20. The molecule has 0 atom stereocenters. The number of carbonyl (C=O) groups is 1. The Balaban J connectivity index is 1.62. The van der Waals surface area contributed by atoms with E-state index in [1.165, 1.54) is 0 Å². The van der Waals surface area contributed by atoms with Crippen molar-refractivity contribution >= 4 is 11.9 Å². The van der Waals surface area contributed by atoms with Crippen LogP contribution in [0.4, 0.5) is 0 Å². The van der Waals surface area contributed by atoms with E-state index < -0.39 is 0 Å². The van der Waals surface area contributed by atoms with Gasteiger partial charge in [-0.3, -0.25) is 19.8 Å². The molecule has 0 bridgehead atoms. The van der Waals surface area contributed by atoms with E-state index >= 15 is 0 Å². The van der Waals surface area contributed by atoms with Gasteiger partial charge in [0.05, 0.1) is 5.56 Å². The van der Waals surface area contributed by atoms with E-state index in [1.54, 1.807) is 37.8 Å². The number of hydrogen-bond acceptors (Lipinski definition) is 4. The third-order valence-electron chi connectivity index (χ3n) is 3.25. The number of amides is 1. The molecule has 2 aromatic heterocycles. The highest BCUT2D eigenvalue weighted by Gasteiger charge is 2.04. The molecule has 0 fully saturated rings. The molecule has 0 aromatic carbocycles. The summed E-state index contributed by atoms with van der Waals surface area (Å²) in [5.74, 6) is 0.560. The second-order valence-corrected chi connectivity index (χ2v) is 4.99. The highest BCUT2D eigenvalue weighted by molar-refractivity contribution is 5.93. The average molecular weight is 326 g/mol. The molecule has 2 rings (SSSR count). The lowest BCUT2D eigenvalue weighted by Crippen LogP contribution is -2.42. The first-order valence-corrected chi connectivity index (χ1v) is 7.82. The van der Waals surface area contributed by atoms with Gasteiger partial charge in [0.25, 0.3) is 5.91 Å². The third kappa shape index (κ3) is 6.04. The molecule has 2 heterocycles. The van der Waals surface area contributed by atoms with Crippen LogP contribution in [0, 0.1) is 0 Å². The van der Waals surface area contributed by atoms with Crippen LogP contribution in [0.15, 0.2) is 53.9 Å². The molecule has 7 nitrogen and oxygen atoms in total. The Morgan fingerprint density at radius 2 is 1.88 bits per heavy atom. The summed E-state index contributed by atoms with van der Waals surface area (Å²) in [6.45, 7) is 1.81. The molecule has 0 saturated heterocycles. The monoisotopic (exact) mass is 326 g/mol.